The van der Waals surface area contributed by atoms with Crippen LogP contribution in [-0.2, 0) is 6.42 Å². The molecule has 0 heterocycles. The maximum Gasteiger partial charge on any atom is 0.274 e. The topological polar surface area (TPSA) is 69.2 Å². The van der Waals surface area contributed by atoms with E-state index in [1.807, 2.05) is 0 Å². The van der Waals surface area contributed by atoms with Crippen molar-refractivity contribution in [2.45, 2.75) is 39.0 Å². The van der Waals surface area contributed by atoms with Gasteiger partial charge in [-0.1, -0.05) is 31.0 Å². The molecule has 110 valence electrons. The molecular weight excluding hydrogens is 276 g/mol. The molecule has 1 aromatic rings. The van der Waals surface area contributed by atoms with Crippen LogP contribution in [0.25, 0.3) is 0 Å². The molecule has 1 saturated carbocycles. The van der Waals surface area contributed by atoms with E-state index in [9.17, 15) is 10.1 Å². The van der Waals surface area contributed by atoms with Gasteiger partial charge in [-0.25, -0.2) is 0 Å². The lowest BCUT2D eigenvalue weighted by molar-refractivity contribution is -0.385. The Balaban J connectivity index is 2.31. The number of hydrogen-bond donors (Lipinski definition) is 1. The quantitative estimate of drug-likeness (QED) is 0.661. The highest BCUT2D eigenvalue weighted by molar-refractivity contribution is 6.31. The summed E-state index contributed by atoms with van der Waals surface area (Å²) in [5.41, 5.74) is 6.72. The van der Waals surface area contributed by atoms with E-state index in [0.29, 0.717) is 29.5 Å². The number of hydrogen-bond acceptors (Lipinski definition) is 3. The number of nitro groups is 1. The molecule has 1 aliphatic carbocycles. The zero-order valence-corrected chi connectivity index (χ0v) is 12.5. The van der Waals surface area contributed by atoms with Crippen molar-refractivity contribution in [1.82, 2.24) is 0 Å². The van der Waals surface area contributed by atoms with Crippen LogP contribution in [0.5, 0.6) is 0 Å². The van der Waals surface area contributed by atoms with E-state index in [0.717, 1.165) is 25.7 Å². The van der Waals surface area contributed by atoms with Gasteiger partial charge in [-0.15, -0.1) is 0 Å². The molecule has 1 aromatic carbocycles. The molecule has 4 nitrogen and oxygen atoms in total. The van der Waals surface area contributed by atoms with E-state index in [1.165, 1.54) is 6.07 Å². The van der Waals surface area contributed by atoms with Crippen LogP contribution in [0.4, 0.5) is 5.69 Å². The van der Waals surface area contributed by atoms with E-state index in [4.69, 9.17) is 17.3 Å². The van der Waals surface area contributed by atoms with E-state index in [1.54, 1.807) is 12.1 Å². The van der Waals surface area contributed by atoms with Gasteiger partial charge in [0.15, 0.2) is 0 Å². The van der Waals surface area contributed by atoms with Crippen LogP contribution in [0.2, 0.25) is 5.02 Å². The monoisotopic (exact) mass is 296 g/mol. The fourth-order valence-corrected chi connectivity index (χ4v) is 3.60. The number of nitro benzene ring substituents is 1. The van der Waals surface area contributed by atoms with Crippen molar-refractivity contribution in [3.63, 3.8) is 0 Å². The summed E-state index contributed by atoms with van der Waals surface area (Å²) >= 11 is 6.20. The lowest BCUT2D eigenvalue weighted by Crippen LogP contribution is -2.30. The maximum atomic E-state index is 11.2. The second kappa shape index (κ2) is 6.10. The predicted octanol–water partition coefficient (Wildman–Crippen LogP) is 3.95. The molecule has 2 atom stereocenters. The summed E-state index contributed by atoms with van der Waals surface area (Å²) in [5, 5.41) is 11.7. The molecule has 1 aliphatic rings. The Hall–Kier alpha value is -1.13. The molecule has 0 amide bonds. The van der Waals surface area contributed by atoms with Crippen molar-refractivity contribution in [2.24, 2.45) is 17.1 Å². The molecule has 0 aliphatic heterocycles. The first-order chi connectivity index (χ1) is 9.51. The van der Waals surface area contributed by atoms with Crippen molar-refractivity contribution in [3.05, 3.63) is 38.9 Å². The average molecular weight is 297 g/mol. The van der Waals surface area contributed by atoms with Gasteiger partial charge >= 0.3 is 0 Å². The Labute approximate surface area is 124 Å². The SMILES string of the molecule is CCC1CCC(CN)(Cc2c(Cl)cccc2[N+](=O)[O-])C1. The Bertz CT molecular complexity index is 507. The minimum Gasteiger partial charge on any atom is -0.330 e. The third-order valence-electron chi connectivity index (χ3n) is 4.66. The molecule has 1 fully saturated rings. The fourth-order valence-electron chi connectivity index (χ4n) is 3.36. The van der Waals surface area contributed by atoms with Gasteiger partial charge in [-0.05, 0) is 49.6 Å². The summed E-state index contributed by atoms with van der Waals surface area (Å²) in [6.07, 6.45) is 4.99. The normalized spacial score (nSPS) is 25.9. The van der Waals surface area contributed by atoms with E-state index in [-0.39, 0.29) is 16.0 Å². The molecule has 0 saturated heterocycles. The van der Waals surface area contributed by atoms with Crippen molar-refractivity contribution >= 4 is 17.3 Å². The van der Waals surface area contributed by atoms with Gasteiger partial charge in [-0.2, -0.15) is 0 Å². The molecule has 0 aromatic heterocycles. The molecular formula is C15H21ClN2O2. The third kappa shape index (κ3) is 2.96. The summed E-state index contributed by atoms with van der Waals surface area (Å²) < 4.78 is 0. The first-order valence-electron chi connectivity index (χ1n) is 7.13. The van der Waals surface area contributed by atoms with Gasteiger partial charge in [0, 0.05) is 11.6 Å². The number of nitrogens with two attached hydrogens (primary N) is 1. The molecule has 0 spiro atoms. The Morgan fingerprint density at radius 3 is 2.85 bits per heavy atom. The average Bonchev–Trinajstić information content (AvgIpc) is 2.85. The largest absolute Gasteiger partial charge is 0.330 e. The van der Waals surface area contributed by atoms with Crippen LogP contribution in [0.1, 0.15) is 38.2 Å². The van der Waals surface area contributed by atoms with Gasteiger partial charge in [0.25, 0.3) is 5.69 Å². The highest BCUT2D eigenvalue weighted by Gasteiger charge is 2.39. The van der Waals surface area contributed by atoms with Crippen molar-refractivity contribution in [2.75, 3.05) is 6.54 Å². The highest BCUT2D eigenvalue weighted by atomic mass is 35.5. The Morgan fingerprint density at radius 2 is 2.30 bits per heavy atom. The number of benzene rings is 1. The van der Waals surface area contributed by atoms with Crippen LogP contribution in [-0.4, -0.2) is 11.5 Å². The Morgan fingerprint density at radius 1 is 1.55 bits per heavy atom. The van der Waals surface area contributed by atoms with Gasteiger partial charge in [0.1, 0.15) is 0 Å². The van der Waals surface area contributed by atoms with Crippen LogP contribution in [0.3, 0.4) is 0 Å². The summed E-state index contributed by atoms with van der Waals surface area (Å²) in [6.45, 7) is 2.75. The summed E-state index contributed by atoms with van der Waals surface area (Å²) in [5.74, 6) is 0.681. The van der Waals surface area contributed by atoms with E-state index >= 15 is 0 Å². The lowest BCUT2D eigenvalue weighted by Gasteiger charge is -2.28. The first-order valence-corrected chi connectivity index (χ1v) is 7.51. The molecule has 20 heavy (non-hydrogen) atoms. The zero-order chi connectivity index (χ0) is 14.8. The van der Waals surface area contributed by atoms with Crippen molar-refractivity contribution in [3.8, 4) is 0 Å². The minimum absolute atomic E-state index is 0.0313. The smallest absolute Gasteiger partial charge is 0.274 e. The number of nitrogens with zero attached hydrogens (tertiary/aromatic N) is 1. The predicted molar refractivity (Wildman–Crippen MR) is 80.9 cm³/mol. The molecule has 5 heteroatoms. The zero-order valence-electron chi connectivity index (χ0n) is 11.8. The molecule has 0 bridgehead atoms. The van der Waals surface area contributed by atoms with Crippen LogP contribution in [0.15, 0.2) is 18.2 Å². The highest BCUT2D eigenvalue weighted by Crippen LogP contribution is 2.46. The standard InChI is InChI=1S/C15H21ClN2O2/c1-2-11-6-7-15(8-11,10-17)9-12-13(16)4-3-5-14(12)18(19)20/h3-5,11H,2,6-10,17H2,1H3. The second-order valence-electron chi connectivity index (χ2n) is 5.89. The van der Waals surface area contributed by atoms with Crippen LogP contribution >= 0.6 is 11.6 Å². The fraction of sp³-hybridized carbons (Fsp3) is 0.600. The van der Waals surface area contributed by atoms with Crippen molar-refractivity contribution < 1.29 is 4.92 Å². The Kier molecular flexibility index (Phi) is 4.66. The number of halogens is 1. The summed E-state index contributed by atoms with van der Waals surface area (Å²) in [7, 11) is 0. The van der Waals surface area contributed by atoms with Crippen LogP contribution < -0.4 is 5.73 Å². The molecule has 2 rings (SSSR count). The molecule has 2 unspecified atom stereocenters. The summed E-state index contributed by atoms with van der Waals surface area (Å²) in [6, 6.07) is 4.88. The molecule has 2 N–H and O–H groups in total. The minimum atomic E-state index is -0.350. The van der Waals surface area contributed by atoms with Gasteiger partial charge in [0.2, 0.25) is 0 Å². The van der Waals surface area contributed by atoms with Crippen molar-refractivity contribution in [1.29, 1.82) is 0 Å². The first kappa shape index (κ1) is 15.3. The van der Waals surface area contributed by atoms with E-state index in [2.05, 4.69) is 6.92 Å². The lowest BCUT2D eigenvalue weighted by atomic mass is 9.78. The van der Waals surface area contributed by atoms with Crippen LogP contribution in [0, 0.1) is 21.4 Å². The number of rotatable bonds is 5. The maximum absolute atomic E-state index is 11.2. The van der Waals surface area contributed by atoms with Gasteiger partial charge < -0.3 is 5.73 Å². The van der Waals surface area contributed by atoms with E-state index < -0.39 is 0 Å². The third-order valence-corrected chi connectivity index (χ3v) is 5.01. The van der Waals surface area contributed by atoms with Gasteiger partial charge in [0.05, 0.1) is 9.95 Å². The van der Waals surface area contributed by atoms with Gasteiger partial charge in [-0.3, -0.25) is 10.1 Å². The summed E-state index contributed by atoms with van der Waals surface area (Å²) in [4.78, 5) is 10.8. The second-order valence-corrected chi connectivity index (χ2v) is 6.30. The molecule has 0 radical (unpaired) electrons.